The van der Waals surface area contributed by atoms with E-state index < -0.39 is 58.0 Å². The maximum Gasteiger partial charge on any atom is 0.255 e. The Balaban J connectivity index is 1.39. The van der Waals surface area contributed by atoms with E-state index in [1.165, 1.54) is 11.0 Å². The minimum atomic E-state index is -2.67. The van der Waals surface area contributed by atoms with E-state index in [0.29, 0.717) is 18.7 Å². The number of benzene rings is 3. The molecular formula is C35H35N3O7. The molecule has 3 aliphatic rings. The maximum atomic E-state index is 14.1. The largest absolute Gasteiger partial charge is 0.510 e. The summed E-state index contributed by atoms with van der Waals surface area (Å²) in [7, 11) is 3.20. The number of allylic oxidation sites excluding steroid dienone is 1. The number of likely N-dealkylation sites (N-methyl/N-ethyl adjacent to an activating group) is 1. The van der Waals surface area contributed by atoms with Gasteiger partial charge in [-0.1, -0.05) is 54.6 Å². The number of hydrogen-bond acceptors (Lipinski definition) is 9. The molecular weight excluding hydrogens is 574 g/mol. The molecule has 232 valence electrons. The number of aliphatic hydroxyl groups excluding tert-OH is 2. The van der Waals surface area contributed by atoms with Crippen LogP contribution in [0.2, 0.25) is 0 Å². The average molecular weight is 610 g/mol. The first-order valence-corrected chi connectivity index (χ1v) is 14.8. The lowest BCUT2D eigenvalue weighted by Crippen LogP contribution is -2.63. The number of amides is 1. The lowest BCUT2D eigenvalue weighted by Gasteiger charge is -2.50. The summed E-state index contributed by atoms with van der Waals surface area (Å²) in [6.07, 6.45) is 0.249. The first-order chi connectivity index (χ1) is 21.4. The van der Waals surface area contributed by atoms with Crippen LogP contribution < -0.4 is 11.1 Å². The van der Waals surface area contributed by atoms with Crippen molar-refractivity contribution in [1.82, 2.24) is 10.2 Å². The van der Waals surface area contributed by atoms with Gasteiger partial charge in [-0.3, -0.25) is 19.3 Å². The van der Waals surface area contributed by atoms with Crippen molar-refractivity contribution in [1.29, 1.82) is 0 Å². The third kappa shape index (κ3) is 4.82. The number of nitrogens with zero attached hydrogens (tertiary/aromatic N) is 1. The van der Waals surface area contributed by atoms with Crippen molar-refractivity contribution in [2.75, 3.05) is 14.1 Å². The van der Waals surface area contributed by atoms with Crippen molar-refractivity contribution in [3.8, 4) is 16.9 Å². The predicted octanol–water partition coefficient (Wildman–Crippen LogP) is 3.08. The van der Waals surface area contributed by atoms with Crippen LogP contribution >= 0.6 is 0 Å². The zero-order valence-corrected chi connectivity index (χ0v) is 24.9. The zero-order valence-electron chi connectivity index (χ0n) is 24.9. The molecule has 0 bridgehead atoms. The molecule has 0 saturated carbocycles. The molecule has 0 aliphatic heterocycles. The van der Waals surface area contributed by atoms with Gasteiger partial charge in [0.15, 0.2) is 11.4 Å². The van der Waals surface area contributed by atoms with Gasteiger partial charge in [-0.05, 0) is 72.8 Å². The van der Waals surface area contributed by atoms with Crippen LogP contribution in [0.4, 0.5) is 0 Å². The van der Waals surface area contributed by atoms with Gasteiger partial charge in [0, 0.05) is 24.6 Å². The fourth-order valence-corrected chi connectivity index (χ4v) is 7.32. The van der Waals surface area contributed by atoms with Crippen molar-refractivity contribution in [3.05, 3.63) is 112 Å². The van der Waals surface area contributed by atoms with Crippen molar-refractivity contribution in [3.63, 3.8) is 0 Å². The smallest absolute Gasteiger partial charge is 0.255 e. The van der Waals surface area contributed by atoms with Gasteiger partial charge in [-0.2, -0.15) is 0 Å². The second kappa shape index (κ2) is 11.3. The third-order valence-electron chi connectivity index (χ3n) is 9.35. The highest BCUT2D eigenvalue weighted by Gasteiger charge is 2.63. The number of ketones is 2. The molecule has 7 N–H and O–H groups in total. The molecule has 10 nitrogen and oxygen atoms in total. The van der Waals surface area contributed by atoms with Crippen LogP contribution in [0, 0.1) is 11.8 Å². The standard InChI is InChI=1S/C35H35N3O7/c1-38(2)29-24-15-21-14-23-22(20-10-6-9-19(13-20)17-37-16-18-7-4-3-5-8-18)11-12-25(39)27(23)30(40)26(21)32(42)35(24,45)33(43)28(31(29)41)34(36)44/h3-13,21,24,29,37,39,41-42,45H,14-17H2,1-2H3,(H2,36,44)/t21-,24-,29+,35-/m0/s1. The van der Waals surface area contributed by atoms with E-state index in [4.69, 9.17) is 5.73 Å². The molecule has 0 saturated heterocycles. The van der Waals surface area contributed by atoms with E-state index in [0.717, 1.165) is 22.3 Å². The van der Waals surface area contributed by atoms with Crippen LogP contribution in [0.15, 0.2) is 89.4 Å². The Morgan fingerprint density at radius 3 is 2.36 bits per heavy atom. The van der Waals surface area contributed by atoms with Crippen LogP contribution in [-0.2, 0) is 29.1 Å². The Kier molecular flexibility index (Phi) is 7.60. The molecule has 0 aromatic heterocycles. The molecule has 0 heterocycles. The number of Topliss-reactive ketones (excluding diaryl/α,β-unsaturated/α-hetero) is 2. The Hall–Kier alpha value is -4.77. The van der Waals surface area contributed by atoms with E-state index in [-0.39, 0.29) is 29.7 Å². The lowest BCUT2D eigenvalue weighted by atomic mass is 9.58. The van der Waals surface area contributed by atoms with Crippen molar-refractivity contribution < 1.29 is 34.8 Å². The Bertz CT molecular complexity index is 1800. The predicted molar refractivity (Wildman–Crippen MR) is 166 cm³/mol. The zero-order chi connectivity index (χ0) is 32.2. The number of hydrogen-bond donors (Lipinski definition) is 6. The molecule has 0 fully saturated rings. The van der Waals surface area contributed by atoms with Crippen LogP contribution in [0.3, 0.4) is 0 Å². The minimum Gasteiger partial charge on any atom is -0.510 e. The van der Waals surface area contributed by atoms with E-state index in [9.17, 15) is 34.8 Å². The highest BCUT2D eigenvalue weighted by atomic mass is 16.3. The monoisotopic (exact) mass is 609 g/mol. The van der Waals surface area contributed by atoms with Crippen LogP contribution in [0.1, 0.15) is 33.5 Å². The first kappa shape index (κ1) is 30.3. The molecule has 4 atom stereocenters. The minimum absolute atomic E-state index is 0.0131. The maximum absolute atomic E-state index is 14.1. The quantitative estimate of drug-likeness (QED) is 0.220. The summed E-state index contributed by atoms with van der Waals surface area (Å²) in [5.41, 5.74) is 6.07. The Morgan fingerprint density at radius 2 is 1.67 bits per heavy atom. The first-order valence-electron chi connectivity index (χ1n) is 14.8. The summed E-state index contributed by atoms with van der Waals surface area (Å²) in [4.78, 5) is 41.3. The lowest BCUT2D eigenvalue weighted by molar-refractivity contribution is -0.148. The van der Waals surface area contributed by atoms with Gasteiger partial charge in [-0.15, -0.1) is 0 Å². The third-order valence-corrected chi connectivity index (χ3v) is 9.35. The molecule has 0 spiro atoms. The van der Waals surface area contributed by atoms with Crippen molar-refractivity contribution in [2.24, 2.45) is 17.6 Å². The molecule has 3 aromatic rings. The van der Waals surface area contributed by atoms with Gasteiger partial charge in [0.05, 0.1) is 11.6 Å². The number of nitrogens with one attached hydrogen (secondary N) is 1. The molecule has 10 heteroatoms. The normalized spacial score (nSPS) is 24.4. The van der Waals surface area contributed by atoms with E-state index in [1.54, 1.807) is 20.2 Å². The number of phenols is 1. The van der Waals surface area contributed by atoms with Gasteiger partial charge in [0.25, 0.3) is 5.91 Å². The number of aliphatic hydroxyl groups is 3. The van der Waals surface area contributed by atoms with Gasteiger partial charge in [0.2, 0.25) is 5.78 Å². The number of phenolic OH excluding ortho intramolecular Hbond substituents is 1. The SMILES string of the molecule is CN(C)[C@H]1C(O)=C(C(N)=O)C(=O)[C@@]2(O)C(O)=C3C(=O)c4c(O)ccc(-c5cccc(CNCc6ccccc6)c5)c4C[C@H]3C[C@@H]12. The van der Waals surface area contributed by atoms with Crippen molar-refractivity contribution >= 4 is 17.5 Å². The highest BCUT2D eigenvalue weighted by molar-refractivity contribution is 6.24. The van der Waals surface area contributed by atoms with Gasteiger partial charge in [0.1, 0.15) is 22.8 Å². The number of carbonyl (C=O) groups is 3. The second-order valence-electron chi connectivity index (χ2n) is 12.2. The Morgan fingerprint density at radius 1 is 0.978 bits per heavy atom. The van der Waals surface area contributed by atoms with E-state index >= 15 is 0 Å². The molecule has 3 aliphatic carbocycles. The number of rotatable bonds is 7. The van der Waals surface area contributed by atoms with Crippen LogP contribution in [-0.4, -0.2) is 68.5 Å². The second-order valence-corrected chi connectivity index (χ2v) is 12.2. The number of carbonyl (C=O) groups excluding carboxylic acids is 3. The van der Waals surface area contributed by atoms with Gasteiger partial charge < -0.3 is 31.5 Å². The Labute approximate surface area is 260 Å². The summed E-state index contributed by atoms with van der Waals surface area (Å²) in [6, 6.07) is 20.1. The molecule has 1 amide bonds. The molecule has 0 unspecified atom stereocenters. The van der Waals surface area contributed by atoms with E-state index in [1.807, 2.05) is 54.6 Å². The van der Waals surface area contributed by atoms with E-state index in [2.05, 4.69) is 5.32 Å². The summed E-state index contributed by atoms with van der Waals surface area (Å²) in [5, 5.41) is 48.6. The van der Waals surface area contributed by atoms with Gasteiger partial charge in [-0.25, -0.2) is 0 Å². The number of nitrogens with two attached hydrogens (primary N) is 1. The molecule has 0 radical (unpaired) electrons. The molecule has 3 aromatic carbocycles. The summed E-state index contributed by atoms with van der Waals surface area (Å²) >= 11 is 0. The highest BCUT2D eigenvalue weighted by Crippen LogP contribution is 2.53. The van der Waals surface area contributed by atoms with Crippen LogP contribution in [0.25, 0.3) is 11.1 Å². The average Bonchev–Trinajstić information content (AvgIpc) is 2.99. The number of aromatic hydroxyl groups is 1. The van der Waals surface area contributed by atoms with Crippen molar-refractivity contribution in [2.45, 2.75) is 37.6 Å². The summed E-state index contributed by atoms with van der Waals surface area (Å²) in [6.45, 7) is 1.31. The molecule has 45 heavy (non-hydrogen) atoms. The summed E-state index contributed by atoms with van der Waals surface area (Å²) < 4.78 is 0. The van der Waals surface area contributed by atoms with Crippen LogP contribution in [0.5, 0.6) is 5.75 Å². The summed E-state index contributed by atoms with van der Waals surface area (Å²) in [5.74, 6) is -6.70. The molecule has 6 rings (SSSR count). The number of primary amides is 1. The topological polar surface area (TPSA) is 173 Å². The fraction of sp³-hybridized carbons (Fsp3) is 0.286. The number of fused-ring (bicyclic) bond motifs is 3. The van der Waals surface area contributed by atoms with Gasteiger partial charge >= 0.3 is 0 Å². The fourth-order valence-electron chi connectivity index (χ4n) is 7.32.